The maximum absolute atomic E-state index is 2.62. The molecule has 2 heterocycles. The Morgan fingerprint density at radius 3 is 3.00 bits per heavy atom. The van der Waals surface area contributed by atoms with Crippen LogP contribution in [-0.2, 0) is 0 Å². The molecule has 2 rings (SSSR count). The monoisotopic (exact) mass is 195 g/mol. The zero-order valence-corrected chi connectivity index (χ0v) is 9.18. The molecule has 0 aromatic carbocycles. The highest BCUT2D eigenvalue weighted by atomic mass is 32.1. The number of likely N-dealkylation sites (tertiary alicyclic amines) is 1. The molecule has 0 N–H and O–H groups in total. The molecule has 0 spiro atoms. The molecule has 0 aliphatic carbocycles. The van der Waals surface area contributed by atoms with Crippen molar-refractivity contribution >= 4 is 11.3 Å². The van der Waals surface area contributed by atoms with Crippen LogP contribution in [0.1, 0.15) is 37.6 Å². The van der Waals surface area contributed by atoms with Gasteiger partial charge >= 0.3 is 0 Å². The van der Waals surface area contributed by atoms with Gasteiger partial charge in [0.05, 0.1) is 0 Å². The zero-order chi connectivity index (χ0) is 9.26. The summed E-state index contributed by atoms with van der Waals surface area (Å²) in [6, 6.07) is 5.84. The maximum atomic E-state index is 2.62. The van der Waals surface area contributed by atoms with Gasteiger partial charge in [0.1, 0.15) is 0 Å². The summed E-state index contributed by atoms with van der Waals surface area (Å²) in [5, 5.41) is 2.19. The van der Waals surface area contributed by atoms with E-state index in [1.165, 1.54) is 19.4 Å². The SMILES string of the molecule is CC(C)N1CCCC1c1cccs1. The zero-order valence-electron chi connectivity index (χ0n) is 8.36. The largest absolute Gasteiger partial charge is 0.293 e. The Morgan fingerprint density at radius 2 is 2.38 bits per heavy atom. The Kier molecular flexibility index (Phi) is 2.70. The lowest BCUT2D eigenvalue weighted by molar-refractivity contribution is 0.208. The fourth-order valence-electron chi connectivity index (χ4n) is 2.19. The van der Waals surface area contributed by atoms with E-state index in [9.17, 15) is 0 Å². The molecule has 0 saturated carbocycles. The van der Waals surface area contributed by atoms with Crippen LogP contribution in [0, 0.1) is 0 Å². The molecule has 1 aliphatic heterocycles. The molecule has 0 radical (unpaired) electrons. The van der Waals surface area contributed by atoms with Crippen molar-refractivity contribution < 1.29 is 0 Å². The lowest BCUT2D eigenvalue weighted by Crippen LogP contribution is -2.29. The van der Waals surface area contributed by atoms with Gasteiger partial charge in [0.2, 0.25) is 0 Å². The highest BCUT2D eigenvalue weighted by Crippen LogP contribution is 2.35. The lowest BCUT2D eigenvalue weighted by atomic mass is 10.1. The molecular weight excluding hydrogens is 178 g/mol. The van der Waals surface area contributed by atoms with E-state index in [-0.39, 0.29) is 0 Å². The number of rotatable bonds is 2. The van der Waals surface area contributed by atoms with Gasteiger partial charge in [0, 0.05) is 17.0 Å². The van der Waals surface area contributed by atoms with Crippen LogP contribution in [0.25, 0.3) is 0 Å². The van der Waals surface area contributed by atoms with Crippen molar-refractivity contribution in [3.05, 3.63) is 22.4 Å². The molecule has 1 atom stereocenters. The highest BCUT2D eigenvalue weighted by molar-refractivity contribution is 7.10. The summed E-state index contributed by atoms with van der Waals surface area (Å²) in [4.78, 5) is 4.16. The molecular formula is C11H17NS. The summed E-state index contributed by atoms with van der Waals surface area (Å²) < 4.78 is 0. The van der Waals surface area contributed by atoms with Crippen LogP contribution in [-0.4, -0.2) is 17.5 Å². The van der Waals surface area contributed by atoms with Crippen LogP contribution < -0.4 is 0 Å². The average molecular weight is 195 g/mol. The standard InChI is InChI=1S/C11H17NS/c1-9(2)12-7-3-5-10(12)11-6-4-8-13-11/h4,6,8-10H,3,5,7H2,1-2H3. The molecule has 1 nitrogen and oxygen atoms in total. The normalized spacial score (nSPS) is 24.4. The number of hydrogen-bond donors (Lipinski definition) is 0. The van der Waals surface area contributed by atoms with Gasteiger partial charge in [-0.05, 0) is 44.7 Å². The summed E-state index contributed by atoms with van der Waals surface area (Å²) in [5.74, 6) is 0. The van der Waals surface area contributed by atoms with Crippen molar-refractivity contribution in [3.8, 4) is 0 Å². The molecule has 13 heavy (non-hydrogen) atoms. The molecule has 1 unspecified atom stereocenters. The Labute approximate surface area is 84.4 Å². The first-order valence-corrected chi connectivity index (χ1v) is 5.96. The van der Waals surface area contributed by atoms with E-state index in [0.717, 1.165) is 0 Å². The van der Waals surface area contributed by atoms with E-state index in [4.69, 9.17) is 0 Å². The second-order valence-corrected chi connectivity index (χ2v) is 4.98. The first-order chi connectivity index (χ1) is 6.29. The molecule has 1 aromatic rings. The molecule has 1 aromatic heterocycles. The summed E-state index contributed by atoms with van der Waals surface area (Å²) in [7, 11) is 0. The first kappa shape index (κ1) is 9.22. The van der Waals surface area contributed by atoms with Crippen LogP contribution in [0.4, 0.5) is 0 Å². The predicted octanol–water partition coefficient (Wildman–Crippen LogP) is 3.29. The van der Waals surface area contributed by atoms with Crippen molar-refractivity contribution in [2.24, 2.45) is 0 Å². The third kappa shape index (κ3) is 1.79. The third-order valence-corrected chi connectivity index (χ3v) is 3.80. The maximum Gasteiger partial charge on any atom is 0.0444 e. The Morgan fingerprint density at radius 1 is 1.54 bits per heavy atom. The Bertz CT molecular complexity index is 253. The first-order valence-electron chi connectivity index (χ1n) is 5.08. The molecule has 1 fully saturated rings. The van der Waals surface area contributed by atoms with Gasteiger partial charge < -0.3 is 0 Å². The molecule has 2 heteroatoms. The van der Waals surface area contributed by atoms with E-state index >= 15 is 0 Å². The Hall–Kier alpha value is -0.340. The van der Waals surface area contributed by atoms with Gasteiger partial charge in [-0.3, -0.25) is 4.90 Å². The predicted molar refractivity (Wildman–Crippen MR) is 58.1 cm³/mol. The fraction of sp³-hybridized carbons (Fsp3) is 0.636. The topological polar surface area (TPSA) is 3.24 Å². The quantitative estimate of drug-likeness (QED) is 0.700. The average Bonchev–Trinajstić information content (AvgIpc) is 2.74. The number of thiophene rings is 1. The number of nitrogens with zero attached hydrogens (tertiary/aromatic N) is 1. The molecule has 72 valence electrons. The molecule has 1 saturated heterocycles. The lowest BCUT2D eigenvalue weighted by Gasteiger charge is -2.27. The fourth-order valence-corrected chi connectivity index (χ4v) is 3.08. The van der Waals surface area contributed by atoms with E-state index < -0.39 is 0 Å². The van der Waals surface area contributed by atoms with Crippen molar-refractivity contribution in [3.63, 3.8) is 0 Å². The van der Waals surface area contributed by atoms with Crippen LogP contribution in [0.3, 0.4) is 0 Å². The Balaban J connectivity index is 2.14. The smallest absolute Gasteiger partial charge is 0.0444 e. The number of hydrogen-bond acceptors (Lipinski definition) is 2. The summed E-state index contributed by atoms with van der Waals surface area (Å²) >= 11 is 1.90. The second-order valence-electron chi connectivity index (χ2n) is 4.01. The van der Waals surface area contributed by atoms with Crippen LogP contribution in [0.2, 0.25) is 0 Å². The molecule has 0 bridgehead atoms. The summed E-state index contributed by atoms with van der Waals surface area (Å²) in [6.07, 6.45) is 2.71. The van der Waals surface area contributed by atoms with Gasteiger partial charge in [0.15, 0.2) is 0 Å². The van der Waals surface area contributed by atoms with E-state index in [0.29, 0.717) is 12.1 Å². The molecule has 0 amide bonds. The minimum absolute atomic E-state index is 0.689. The van der Waals surface area contributed by atoms with Crippen molar-refractivity contribution in [2.75, 3.05) is 6.54 Å². The van der Waals surface area contributed by atoms with Crippen molar-refractivity contribution in [2.45, 2.75) is 38.8 Å². The van der Waals surface area contributed by atoms with Gasteiger partial charge in [-0.2, -0.15) is 0 Å². The van der Waals surface area contributed by atoms with E-state index in [1.807, 2.05) is 11.3 Å². The highest BCUT2D eigenvalue weighted by Gasteiger charge is 2.27. The summed E-state index contributed by atoms with van der Waals surface area (Å²) in [6.45, 7) is 5.87. The van der Waals surface area contributed by atoms with Crippen LogP contribution in [0.15, 0.2) is 17.5 Å². The van der Waals surface area contributed by atoms with Gasteiger partial charge in [-0.15, -0.1) is 11.3 Å². The van der Waals surface area contributed by atoms with Crippen molar-refractivity contribution in [1.29, 1.82) is 0 Å². The van der Waals surface area contributed by atoms with E-state index in [1.54, 1.807) is 4.88 Å². The van der Waals surface area contributed by atoms with Crippen LogP contribution in [0.5, 0.6) is 0 Å². The molecule has 1 aliphatic rings. The second kappa shape index (κ2) is 3.81. The van der Waals surface area contributed by atoms with Crippen molar-refractivity contribution in [1.82, 2.24) is 4.90 Å². The van der Waals surface area contributed by atoms with Crippen LogP contribution >= 0.6 is 11.3 Å². The van der Waals surface area contributed by atoms with Gasteiger partial charge in [-0.25, -0.2) is 0 Å². The minimum atomic E-state index is 0.689. The van der Waals surface area contributed by atoms with Gasteiger partial charge in [-0.1, -0.05) is 6.07 Å². The summed E-state index contributed by atoms with van der Waals surface area (Å²) in [5.41, 5.74) is 0. The van der Waals surface area contributed by atoms with Gasteiger partial charge in [0.25, 0.3) is 0 Å². The minimum Gasteiger partial charge on any atom is -0.293 e. The van der Waals surface area contributed by atoms with E-state index in [2.05, 4.69) is 36.3 Å². The third-order valence-electron chi connectivity index (χ3n) is 2.83.